The molecule has 1 aliphatic rings. The Morgan fingerprint density at radius 2 is 2.14 bits per heavy atom. The molecule has 1 aromatic carbocycles. The van der Waals surface area contributed by atoms with Crippen molar-refractivity contribution in [2.45, 2.75) is 16.3 Å². The van der Waals surface area contributed by atoms with Crippen molar-refractivity contribution in [3.63, 3.8) is 0 Å². The van der Waals surface area contributed by atoms with Gasteiger partial charge in [-0.1, -0.05) is 0 Å². The molecule has 3 nitrogen and oxygen atoms in total. The van der Waals surface area contributed by atoms with E-state index in [1.54, 1.807) is 0 Å². The van der Waals surface area contributed by atoms with Crippen LogP contribution in [0, 0.1) is 0 Å². The minimum absolute atomic E-state index is 0.268. The third-order valence-corrected chi connectivity index (χ3v) is 4.84. The van der Waals surface area contributed by atoms with E-state index in [-0.39, 0.29) is 11.0 Å². The van der Waals surface area contributed by atoms with Crippen molar-refractivity contribution in [2.75, 3.05) is 0 Å². The van der Waals surface area contributed by atoms with E-state index in [2.05, 4.69) is 5.32 Å². The number of carbonyl (C=O) groups is 1. The maximum absolute atomic E-state index is 10.7. The molecule has 1 saturated heterocycles. The van der Waals surface area contributed by atoms with E-state index in [0.717, 1.165) is 5.32 Å². The van der Waals surface area contributed by atoms with Crippen LogP contribution in [-0.2, 0) is 4.79 Å². The van der Waals surface area contributed by atoms with Crippen LogP contribution in [0.15, 0.2) is 30.3 Å². The fraction of sp³-hybridized carbons (Fsp3) is 0.300. The first-order valence-electron chi connectivity index (χ1n) is 4.43. The van der Waals surface area contributed by atoms with Crippen molar-refractivity contribution >= 4 is 20.9 Å². The van der Waals surface area contributed by atoms with Gasteiger partial charge in [-0.2, -0.15) is 0 Å². The molecule has 1 heterocycles. The van der Waals surface area contributed by atoms with E-state index in [4.69, 9.17) is 5.11 Å². The molecule has 2 rings (SSSR count). The molecule has 1 aliphatic heterocycles. The van der Waals surface area contributed by atoms with Gasteiger partial charge in [0.1, 0.15) is 0 Å². The second-order valence-corrected chi connectivity index (χ2v) is 5.57. The number of hydrogen-bond acceptors (Lipinski definition) is 2. The van der Waals surface area contributed by atoms with E-state index >= 15 is 0 Å². The van der Waals surface area contributed by atoms with Crippen LogP contribution < -0.4 is 5.32 Å². The summed E-state index contributed by atoms with van der Waals surface area (Å²) in [4.78, 5) is 11.0. The fourth-order valence-electron chi connectivity index (χ4n) is 1.43. The minimum atomic E-state index is -0.731. The van der Waals surface area contributed by atoms with E-state index < -0.39 is 5.97 Å². The van der Waals surface area contributed by atoms with Crippen molar-refractivity contribution < 1.29 is 9.90 Å². The second kappa shape index (κ2) is 4.13. The third kappa shape index (κ3) is 1.98. The predicted octanol–water partition coefficient (Wildman–Crippen LogP) is 0.864. The zero-order valence-electron chi connectivity index (χ0n) is 7.51. The van der Waals surface area contributed by atoms with Gasteiger partial charge in [0.15, 0.2) is 0 Å². The van der Waals surface area contributed by atoms with Crippen LogP contribution in [0.25, 0.3) is 0 Å². The van der Waals surface area contributed by atoms with Crippen LogP contribution in [0.3, 0.4) is 0 Å². The first kappa shape index (κ1) is 9.71. The van der Waals surface area contributed by atoms with Crippen molar-refractivity contribution in [1.82, 2.24) is 5.32 Å². The molecular formula is C10H11NO2Se. The molecule has 1 unspecified atom stereocenters. The Bertz CT molecular complexity index is 328. The summed E-state index contributed by atoms with van der Waals surface area (Å²) >= 11 is 0.352. The molecule has 4 heteroatoms. The molecule has 2 N–H and O–H groups in total. The van der Waals surface area contributed by atoms with Crippen molar-refractivity contribution in [3.8, 4) is 0 Å². The predicted molar refractivity (Wildman–Crippen MR) is 54.3 cm³/mol. The molecule has 0 bridgehead atoms. The summed E-state index contributed by atoms with van der Waals surface area (Å²) in [6.45, 7) is 0. The van der Waals surface area contributed by atoms with Crippen LogP contribution >= 0.6 is 0 Å². The fourth-order valence-corrected chi connectivity index (χ4v) is 4.02. The normalized spacial score (nSPS) is 26.3. The molecular weight excluding hydrogens is 245 g/mol. The van der Waals surface area contributed by atoms with Gasteiger partial charge in [-0.3, -0.25) is 0 Å². The van der Waals surface area contributed by atoms with Crippen LogP contribution in [0.4, 0.5) is 0 Å². The van der Waals surface area contributed by atoms with Gasteiger partial charge < -0.3 is 0 Å². The van der Waals surface area contributed by atoms with E-state index in [9.17, 15) is 4.79 Å². The monoisotopic (exact) mass is 257 g/mol. The van der Waals surface area contributed by atoms with Gasteiger partial charge in [0.05, 0.1) is 0 Å². The molecule has 1 aromatic rings. The quantitative estimate of drug-likeness (QED) is 0.772. The Hall–Kier alpha value is -0.831. The third-order valence-electron chi connectivity index (χ3n) is 2.18. The molecule has 1 fully saturated rings. The number of hydrogen-bond donors (Lipinski definition) is 2. The van der Waals surface area contributed by atoms with Gasteiger partial charge in [-0.25, -0.2) is 0 Å². The van der Waals surface area contributed by atoms with Gasteiger partial charge >= 0.3 is 88.3 Å². The van der Waals surface area contributed by atoms with Gasteiger partial charge in [0.2, 0.25) is 0 Å². The Kier molecular flexibility index (Phi) is 2.87. The van der Waals surface area contributed by atoms with E-state index in [0.29, 0.717) is 15.0 Å². The summed E-state index contributed by atoms with van der Waals surface area (Å²) in [5.41, 5.74) is 1.20. The first-order chi connectivity index (χ1) is 6.77. The molecule has 14 heavy (non-hydrogen) atoms. The Morgan fingerprint density at radius 1 is 1.43 bits per heavy atom. The molecule has 0 aromatic heterocycles. The number of nitrogens with one attached hydrogen (secondary N) is 1. The number of aliphatic carboxylic acids is 1. The van der Waals surface area contributed by atoms with Gasteiger partial charge in [-0.05, 0) is 0 Å². The number of carboxylic acid groups (broad SMARTS) is 1. The molecule has 0 saturated carbocycles. The van der Waals surface area contributed by atoms with Crippen LogP contribution in [-0.4, -0.2) is 32.1 Å². The van der Waals surface area contributed by atoms with E-state index in [1.165, 1.54) is 5.56 Å². The van der Waals surface area contributed by atoms with Crippen molar-refractivity contribution in [2.24, 2.45) is 0 Å². The average Bonchev–Trinajstić information content (AvgIpc) is 2.68. The Balaban J connectivity index is 2.06. The summed E-state index contributed by atoms with van der Waals surface area (Å²) < 4.78 is 0. The molecule has 74 valence electrons. The molecule has 0 radical (unpaired) electrons. The number of rotatable bonds is 2. The molecule has 0 aliphatic carbocycles. The second-order valence-electron chi connectivity index (χ2n) is 3.18. The summed E-state index contributed by atoms with van der Waals surface area (Å²) in [6, 6.07) is 9.69. The average molecular weight is 256 g/mol. The van der Waals surface area contributed by atoms with E-state index in [1.807, 2.05) is 30.3 Å². The van der Waals surface area contributed by atoms with Crippen LogP contribution in [0.1, 0.15) is 10.5 Å². The van der Waals surface area contributed by atoms with Crippen molar-refractivity contribution in [3.05, 3.63) is 35.9 Å². The topological polar surface area (TPSA) is 49.3 Å². The molecule has 0 amide bonds. The Labute approximate surface area is 88.7 Å². The van der Waals surface area contributed by atoms with Gasteiger partial charge in [0.25, 0.3) is 0 Å². The SMILES string of the molecule is O=C(O)[C@@H]1C[Se]C(c2ccccc2)N1. The summed E-state index contributed by atoms with van der Waals surface area (Å²) in [5.74, 6) is -0.731. The summed E-state index contributed by atoms with van der Waals surface area (Å²) in [5, 5.41) is 12.7. The van der Waals surface area contributed by atoms with Gasteiger partial charge in [0, 0.05) is 0 Å². The van der Waals surface area contributed by atoms with Crippen LogP contribution in [0.2, 0.25) is 5.32 Å². The number of benzene rings is 1. The first-order valence-corrected chi connectivity index (χ1v) is 6.63. The Morgan fingerprint density at radius 3 is 2.71 bits per heavy atom. The van der Waals surface area contributed by atoms with Gasteiger partial charge in [-0.15, -0.1) is 0 Å². The van der Waals surface area contributed by atoms with Crippen LogP contribution in [0.5, 0.6) is 0 Å². The molecule has 0 spiro atoms. The standard InChI is InChI=1S/C10H11NO2Se/c12-10(13)8-6-14-9(11-8)7-4-2-1-3-5-7/h1-5,8-9,11H,6H2,(H,12,13)/t8-,9?/m0/s1. The molecule has 2 atom stereocenters. The summed E-state index contributed by atoms with van der Waals surface area (Å²) in [7, 11) is 0. The zero-order valence-corrected chi connectivity index (χ0v) is 9.23. The maximum atomic E-state index is 10.7. The zero-order chi connectivity index (χ0) is 9.97. The van der Waals surface area contributed by atoms with Crippen molar-refractivity contribution in [1.29, 1.82) is 0 Å². The summed E-state index contributed by atoms with van der Waals surface area (Å²) in [6.07, 6.45) is 0. The number of carboxylic acids is 1.